The van der Waals surface area contributed by atoms with Crippen LogP contribution in [0.4, 0.5) is 0 Å². The number of rotatable bonds is 4. The molecule has 0 aromatic heterocycles. The fraction of sp³-hybridized carbons (Fsp3) is 0.833. The number of nitrogens with one attached hydrogen (secondary N) is 3. The SMILES string of the molecule is CC(C)(C)NC(=O)CNC(=O)CC1CCCN1. The molecule has 0 spiro atoms. The predicted molar refractivity (Wildman–Crippen MR) is 66.5 cm³/mol. The molecule has 5 heteroatoms. The number of carbonyl (C=O) groups excluding carboxylic acids is 2. The van der Waals surface area contributed by atoms with Gasteiger partial charge in [0.05, 0.1) is 6.54 Å². The van der Waals surface area contributed by atoms with Gasteiger partial charge in [-0.15, -0.1) is 0 Å². The molecule has 0 aliphatic carbocycles. The monoisotopic (exact) mass is 241 g/mol. The van der Waals surface area contributed by atoms with Crippen molar-refractivity contribution in [1.82, 2.24) is 16.0 Å². The van der Waals surface area contributed by atoms with Crippen LogP contribution in [-0.2, 0) is 9.59 Å². The first-order valence-electron chi connectivity index (χ1n) is 6.18. The lowest BCUT2D eigenvalue weighted by molar-refractivity contribution is -0.127. The Bertz CT molecular complexity index is 278. The summed E-state index contributed by atoms with van der Waals surface area (Å²) in [5.41, 5.74) is -0.255. The molecule has 1 atom stereocenters. The second-order valence-corrected chi connectivity index (χ2v) is 5.57. The van der Waals surface area contributed by atoms with Gasteiger partial charge in [0.15, 0.2) is 0 Å². The van der Waals surface area contributed by atoms with Gasteiger partial charge in [-0.05, 0) is 40.2 Å². The predicted octanol–water partition coefficient (Wildman–Crippen LogP) is 0.159. The van der Waals surface area contributed by atoms with Crippen LogP contribution in [0.15, 0.2) is 0 Å². The Morgan fingerprint density at radius 2 is 2.00 bits per heavy atom. The minimum Gasteiger partial charge on any atom is -0.350 e. The molecule has 0 aromatic rings. The molecule has 1 saturated heterocycles. The highest BCUT2D eigenvalue weighted by atomic mass is 16.2. The van der Waals surface area contributed by atoms with E-state index in [4.69, 9.17) is 0 Å². The van der Waals surface area contributed by atoms with Crippen molar-refractivity contribution in [3.63, 3.8) is 0 Å². The average molecular weight is 241 g/mol. The van der Waals surface area contributed by atoms with E-state index in [1.54, 1.807) is 0 Å². The molecule has 3 N–H and O–H groups in total. The zero-order valence-corrected chi connectivity index (χ0v) is 10.9. The molecule has 1 aliphatic heterocycles. The summed E-state index contributed by atoms with van der Waals surface area (Å²) in [6.07, 6.45) is 2.63. The summed E-state index contributed by atoms with van der Waals surface area (Å²) >= 11 is 0. The van der Waals surface area contributed by atoms with Crippen LogP contribution < -0.4 is 16.0 Å². The Morgan fingerprint density at radius 3 is 2.53 bits per heavy atom. The maximum atomic E-state index is 11.5. The Kier molecular flexibility index (Phi) is 4.93. The fourth-order valence-electron chi connectivity index (χ4n) is 1.87. The molecule has 0 saturated carbocycles. The lowest BCUT2D eigenvalue weighted by Gasteiger charge is -2.20. The summed E-state index contributed by atoms with van der Waals surface area (Å²) in [5, 5.41) is 8.69. The van der Waals surface area contributed by atoms with Gasteiger partial charge in [0, 0.05) is 18.0 Å². The molecule has 1 unspecified atom stereocenters. The molecule has 98 valence electrons. The third kappa shape index (κ3) is 6.26. The molecular weight excluding hydrogens is 218 g/mol. The van der Waals surface area contributed by atoms with Crippen LogP contribution in [0.5, 0.6) is 0 Å². The van der Waals surface area contributed by atoms with E-state index in [1.165, 1.54) is 0 Å². The van der Waals surface area contributed by atoms with Crippen LogP contribution in [-0.4, -0.2) is 36.5 Å². The Hall–Kier alpha value is -1.10. The molecule has 1 heterocycles. The third-order valence-electron chi connectivity index (χ3n) is 2.55. The van der Waals surface area contributed by atoms with Crippen molar-refractivity contribution in [3.05, 3.63) is 0 Å². The largest absolute Gasteiger partial charge is 0.350 e. The first kappa shape index (κ1) is 14.0. The van der Waals surface area contributed by atoms with Crippen molar-refractivity contribution in [2.45, 2.75) is 51.6 Å². The van der Waals surface area contributed by atoms with Gasteiger partial charge in [0.2, 0.25) is 11.8 Å². The number of amides is 2. The molecule has 2 amide bonds. The van der Waals surface area contributed by atoms with Crippen LogP contribution in [0.25, 0.3) is 0 Å². The topological polar surface area (TPSA) is 70.2 Å². The highest BCUT2D eigenvalue weighted by Crippen LogP contribution is 2.07. The highest BCUT2D eigenvalue weighted by molar-refractivity contribution is 5.85. The Morgan fingerprint density at radius 1 is 1.29 bits per heavy atom. The summed E-state index contributed by atoms with van der Waals surface area (Å²) in [4.78, 5) is 23.0. The maximum Gasteiger partial charge on any atom is 0.239 e. The van der Waals surface area contributed by atoms with E-state index in [-0.39, 0.29) is 29.9 Å². The minimum absolute atomic E-state index is 0.0584. The molecule has 5 nitrogen and oxygen atoms in total. The van der Waals surface area contributed by atoms with E-state index in [1.807, 2.05) is 20.8 Å². The van der Waals surface area contributed by atoms with Crippen LogP contribution in [0.2, 0.25) is 0 Å². The van der Waals surface area contributed by atoms with Crippen LogP contribution in [0.3, 0.4) is 0 Å². The summed E-state index contributed by atoms with van der Waals surface area (Å²) in [6, 6.07) is 0.278. The maximum absolute atomic E-state index is 11.5. The third-order valence-corrected chi connectivity index (χ3v) is 2.55. The number of hydrogen-bond donors (Lipinski definition) is 3. The van der Waals surface area contributed by atoms with E-state index in [0.717, 1.165) is 19.4 Å². The van der Waals surface area contributed by atoms with Crippen LogP contribution >= 0.6 is 0 Å². The average Bonchev–Trinajstić information content (AvgIpc) is 2.64. The molecule has 1 rings (SSSR count). The van der Waals surface area contributed by atoms with E-state index in [0.29, 0.717) is 6.42 Å². The smallest absolute Gasteiger partial charge is 0.239 e. The Labute approximate surface area is 103 Å². The molecule has 1 aliphatic rings. The lowest BCUT2D eigenvalue weighted by atomic mass is 10.1. The Balaban J connectivity index is 2.16. The van der Waals surface area contributed by atoms with Crippen molar-refractivity contribution in [3.8, 4) is 0 Å². The molecule has 1 fully saturated rings. The summed E-state index contributed by atoms with van der Waals surface area (Å²) in [7, 11) is 0. The lowest BCUT2D eigenvalue weighted by Crippen LogP contribution is -2.46. The van der Waals surface area contributed by atoms with E-state index >= 15 is 0 Å². The van der Waals surface area contributed by atoms with Gasteiger partial charge in [0.1, 0.15) is 0 Å². The normalized spacial score (nSPS) is 20.1. The van der Waals surface area contributed by atoms with Gasteiger partial charge in [-0.3, -0.25) is 9.59 Å². The fourth-order valence-corrected chi connectivity index (χ4v) is 1.87. The van der Waals surface area contributed by atoms with Crippen LogP contribution in [0, 0.1) is 0 Å². The summed E-state index contributed by atoms with van der Waals surface area (Å²) < 4.78 is 0. The summed E-state index contributed by atoms with van der Waals surface area (Å²) in [5.74, 6) is -0.210. The second kappa shape index (κ2) is 6.00. The molecule has 17 heavy (non-hydrogen) atoms. The zero-order valence-electron chi connectivity index (χ0n) is 10.9. The van der Waals surface area contributed by atoms with Gasteiger partial charge in [-0.25, -0.2) is 0 Å². The molecule has 0 radical (unpaired) electrons. The summed E-state index contributed by atoms with van der Waals surface area (Å²) in [6.45, 7) is 6.78. The van der Waals surface area contributed by atoms with Gasteiger partial charge in [0.25, 0.3) is 0 Å². The standard InChI is InChI=1S/C12H23N3O2/c1-12(2,3)15-11(17)8-14-10(16)7-9-5-4-6-13-9/h9,13H,4-8H2,1-3H3,(H,14,16)(H,15,17). The number of hydrogen-bond acceptors (Lipinski definition) is 3. The van der Waals surface area contributed by atoms with Gasteiger partial charge in [-0.2, -0.15) is 0 Å². The van der Waals surface area contributed by atoms with Crippen LogP contribution in [0.1, 0.15) is 40.0 Å². The van der Waals surface area contributed by atoms with Crippen molar-refractivity contribution >= 4 is 11.8 Å². The first-order chi connectivity index (χ1) is 7.87. The second-order valence-electron chi connectivity index (χ2n) is 5.57. The quantitative estimate of drug-likeness (QED) is 0.656. The van der Waals surface area contributed by atoms with Gasteiger partial charge >= 0.3 is 0 Å². The van der Waals surface area contributed by atoms with E-state index < -0.39 is 0 Å². The van der Waals surface area contributed by atoms with E-state index in [9.17, 15) is 9.59 Å². The van der Waals surface area contributed by atoms with Crippen molar-refractivity contribution in [1.29, 1.82) is 0 Å². The van der Waals surface area contributed by atoms with Crippen molar-refractivity contribution in [2.75, 3.05) is 13.1 Å². The van der Waals surface area contributed by atoms with E-state index in [2.05, 4.69) is 16.0 Å². The first-order valence-corrected chi connectivity index (χ1v) is 6.18. The van der Waals surface area contributed by atoms with Gasteiger partial charge in [-0.1, -0.05) is 0 Å². The van der Waals surface area contributed by atoms with Gasteiger partial charge < -0.3 is 16.0 Å². The molecular formula is C12H23N3O2. The van der Waals surface area contributed by atoms with Crippen molar-refractivity contribution in [2.24, 2.45) is 0 Å². The highest BCUT2D eigenvalue weighted by Gasteiger charge is 2.18. The number of carbonyl (C=O) groups is 2. The zero-order chi connectivity index (χ0) is 12.9. The molecule has 0 aromatic carbocycles. The minimum atomic E-state index is -0.255. The van der Waals surface area contributed by atoms with Crippen molar-refractivity contribution < 1.29 is 9.59 Å². The molecule has 0 bridgehead atoms.